The third-order valence-electron chi connectivity index (χ3n) is 1.64. The van der Waals surface area contributed by atoms with Crippen LogP contribution < -0.4 is 0 Å². The average molecular weight is 177 g/mol. The van der Waals surface area contributed by atoms with Gasteiger partial charge in [0.25, 0.3) is 0 Å². The van der Waals surface area contributed by atoms with Gasteiger partial charge in [0, 0.05) is 28.9 Å². The summed E-state index contributed by atoms with van der Waals surface area (Å²) in [5, 5.41) is 3.76. The number of ketones is 1. The highest BCUT2D eigenvalue weighted by Gasteiger charge is 2.08. The topological polar surface area (TPSA) is 32.9 Å². The molecule has 1 N–H and O–H groups in total. The molecule has 2 aromatic rings. The van der Waals surface area contributed by atoms with E-state index in [1.165, 1.54) is 11.3 Å². The van der Waals surface area contributed by atoms with Crippen molar-refractivity contribution in [2.75, 3.05) is 0 Å². The van der Waals surface area contributed by atoms with Crippen molar-refractivity contribution < 1.29 is 4.79 Å². The number of hydrogen-bond acceptors (Lipinski definition) is 2. The molecule has 0 spiro atoms. The van der Waals surface area contributed by atoms with Crippen molar-refractivity contribution >= 4 is 17.1 Å². The molecule has 12 heavy (non-hydrogen) atoms. The zero-order valence-electron chi connectivity index (χ0n) is 6.28. The number of aromatic nitrogens is 1. The van der Waals surface area contributed by atoms with E-state index >= 15 is 0 Å². The van der Waals surface area contributed by atoms with E-state index in [0.29, 0.717) is 5.56 Å². The first kappa shape index (κ1) is 7.31. The van der Waals surface area contributed by atoms with Crippen molar-refractivity contribution in [2.24, 2.45) is 0 Å². The molecular weight excluding hydrogens is 170 g/mol. The monoisotopic (exact) mass is 177 g/mol. The third kappa shape index (κ3) is 1.19. The van der Waals surface area contributed by atoms with Crippen LogP contribution in [0.3, 0.4) is 0 Å². The highest BCUT2D eigenvalue weighted by atomic mass is 32.1. The standard InChI is InChI=1S/C9H7NOS/c11-9(7-1-3-10-5-7)8-2-4-12-6-8/h1-6,10H. The summed E-state index contributed by atoms with van der Waals surface area (Å²) in [6.45, 7) is 0. The average Bonchev–Trinajstić information content (AvgIpc) is 2.77. The van der Waals surface area contributed by atoms with Crippen LogP contribution in [0, 0.1) is 0 Å². The van der Waals surface area contributed by atoms with Gasteiger partial charge in [-0.05, 0) is 17.5 Å². The van der Waals surface area contributed by atoms with Crippen LogP contribution in [0.15, 0.2) is 35.3 Å². The molecule has 2 nitrogen and oxygen atoms in total. The summed E-state index contributed by atoms with van der Waals surface area (Å²) < 4.78 is 0. The predicted octanol–water partition coefficient (Wildman–Crippen LogP) is 2.31. The Labute approximate surface area is 73.9 Å². The fraction of sp³-hybridized carbons (Fsp3) is 0. The summed E-state index contributed by atoms with van der Waals surface area (Å²) in [4.78, 5) is 14.4. The molecule has 3 heteroatoms. The van der Waals surface area contributed by atoms with E-state index in [-0.39, 0.29) is 5.78 Å². The maximum absolute atomic E-state index is 11.6. The van der Waals surface area contributed by atoms with Crippen molar-refractivity contribution in [3.8, 4) is 0 Å². The fourth-order valence-corrected chi connectivity index (χ4v) is 1.66. The molecule has 60 valence electrons. The molecule has 0 amide bonds. The zero-order valence-corrected chi connectivity index (χ0v) is 7.10. The molecule has 2 rings (SSSR count). The summed E-state index contributed by atoms with van der Waals surface area (Å²) in [6.07, 6.45) is 3.46. The summed E-state index contributed by atoms with van der Waals surface area (Å²) in [6, 6.07) is 3.61. The van der Waals surface area contributed by atoms with Crippen molar-refractivity contribution in [1.82, 2.24) is 4.98 Å². The Morgan fingerprint density at radius 1 is 1.33 bits per heavy atom. The number of H-pyrrole nitrogens is 1. The Morgan fingerprint density at radius 2 is 2.25 bits per heavy atom. The molecule has 0 atom stereocenters. The van der Waals surface area contributed by atoms with E-state index in [2.05, 4.69) is 4.98 Å². The van der Waals surface area contributed by atoms with Gasteiger partial charge in [-0.25, -0.2) is 0 Å². The van der Waals surface area contributed by atoms with Crippen LogP contribution in [0.4, 0.5) is 0 Å². The van der Waals surface area contributed by atoms with Crippen molar-refractivity contribution in [2.45, 2.75) is 0 Å². The first-order valence-electron chi connectivity index (χ1n) is 3.57. The maximum Gasteiger partial charge on any atom is 0.195 e. The molecule has 0 saturated carbocycles. The molecule has 0 unspecified atom stereocenters. The van der Waals surface area contributed by atoms with Gasteiger partial charge in [0.1, 0.15) is 0 Å². The fourth-order valence-electron chi connectivity index (χ4n) is 1.03. The molecule has 0 aliphatic carbocycles. The van der Waals surface area contributed by atoms with E-state index in [1.54, 1.807) is 18.5 Å². The quantitative estimate of drug-likeness (QED) is 0.701. The summed E-state index contributed by atoms with van der Waals surface area (Å²) >= 11 is 1.53. The first-order chi connectivity index (χ1) is 5.88. The number of carbonyl (C=O) groups excluding carboxylic acids is 1. The lowest BCUT2D eigenvalue weighted by molar-refractivity contribution is 0.103. The van der Waals surface area contributed by atoms with Crippen molar-refractivity contribution in [3.05, 3.63) is 46.4 Å². The van der Waals surface area contributed by atoms with Crippen LogP contribution in [0.5, 0.6) is 0 Å². The van der Waals surface area contributed by atoms with Gasteiger partial charge in [-0.3, -0.25) is 4.79 Å². The number of rotatable bonds is 2. The highest BCUT2D eigenvalue weighted by Crippen LogP contribution is 2.11. The number of aromatic amines is 1. The van der Waals surface area contributed by atoms with Gasteiger partial charge in [0.05, 0.1) is 0 Å². The minimum atomic E-state index is 0.0810. The van der Waals surface area contributed by atoms with Crippen LogP contribution in [0.25, 0.3) is 0 Å². The van der Waals surface area contributed by atoms with E-state index in [4.69, 9.17) is 0 Å². The minimum absolute atomic E-state index is 0.0810. The van der Waals surface area contributed by atoms with Gasteiger partial charge in [-0.1, -0.05) is 0 Å². The van der Waals surface area contributed by atoms with Crippen LogP contribution >= 0.6 is 11.3 Å². The normalized spacial score (nSPS) is 10.0. The molecule has 0 radical (unpaired) electrons. The summed E-state index contributed by atoms with van der Waals surface area (Å²) in [5.74, 6) is 0.0810. The molecule has 0 saturated heterocycles. The summed E-state index contributed by atoms with van der Waals surface area (Å²) in [7, 11) is 0. The molecule has 0 bridgehead atoms. The van der Waals surface area contributed by atoms with Gasteiger partial charge < -0.3 is 4.98 Å². The van der Waals surface area contributed by atoms with E-state index < -0.39 is 0 Å². The third-order valence-corrected chi connectivity index (χ3v) is 2.33. The summed E-state index contributed by atoms with van der Waals surface area (Å²) in [5.41, 5.74) is 1.48. The van der Waals surface area contributed by atoms with Gasteiger partial charge in [-0.15, -0.1) is 0 Å². The molecule has 0 aliphatic rings. The van der Waals surface area contributed by atoms with E-state index in [9.17, 15) is 4.79 Å². The van der Waals surface area contributed by atoms with Crippen LogP contribution in [0.1, 0.15) is 15.9 Å². The highest BCUT2D eigenvalue weighted by molar-refractivity contribution is 7.08. The molecular formula is C9H7NOS. The Bertz CT molecular complexity index is 325. The SMILES string of the molecule is O=C(c1cc[nH]c1)c1ccsc1. The lowest BCUT2D eigenvalue weighted by atomic mass is 10.1. The minimum Gasteiger partial charge on any atom is -0.367 e. The molecule has 0 aromatic carbocycles. The molecule has 0 fully saturated rings. The molecule has 2 heterocycles. The van der Waals surface area contributed by atoms with Gasteiger partial charge in [0.2, 0.25) is 0 Å². The second-order valence-corrected chi connectivity index (χ2v) is 3.22. The van der Waals surface area contributed by atoms with E-state index in [1.807, 2.05) is 16.8 Å². The Morgan fingerprint density at radius 3 is 2.83 bits per heavy atom. The number of nitrogens with one attached hydrogen (secondary N) is 1. The van der Waals surface area contributed by atoms with Crippen LogP contribution in [-0.2, 0) is 0 Å². The molecule has 2 aromatic heterocycles. The molecule has 0 aliphatic heterocycles. The maximum atomic E-state index is 11.6. The lowest BCUT2D eigenvalue weighted by Gasteiger charge is -1.90. The largest absolute Gasteiger partial charge is 0.367 e. The lowest BCUT2D eigenvalue weighted by Crippen LogP contribution is -1.96. The number of hydrogen-bond donors (Lipinski definition) is 1. The van der Waals surface area contributed by atoms with Crippen LogP contribution in [0.2, 0.25) is 0 Å². The number of carbonyl (C=O) groups is 1. The van der Waals surface area contributed by atoms with E-state index in [0.717, 1.165) is 5.56 Å². The Hall–Kier alpha value is -1.35. The van der Waals surface area contributed by atoms with Gasteiger partial charge >= 0.3 is 0 Å². The van der Waals surface area contributed by atoms with Gasteiger partial charge in [-0.2, -0.15) is 11.3 Å². The Kier molecular flexibility index (Phi) is 1.80. The van der Waals surface area contributed by atoms with Gasteiger partial charge in [0.15, 0.2) is 5.78 Å². The number of thiophene rings is 1. The first-order valence-corrected chi connectivity index (χ1v) is 4.52. The smallest absolute Gasteiger partial charge is 0.195 e. The second kappa shape index (κ2) is 2.95. The second-order valence-electron chi connectivity index (χ2n) is 2.44. The van der Waals surface area contributed by atoms with Crippen LogP contribution in [-0.4, -0.2) is 10.8 Å². The van der Waals surface area contributed by atoms with Crippen molar-refractivity contribution in [1.29, 1.82) is 0 Å². The zero-order chi connectivity index (χ0) is 8.39. The predicted molar refractivity (Wildman–Crippen MR) is 48.5 cm³/mol. The van der Waals surface area contributed by atoms with Crippen molar-refractivity contribution in [3.63, 3.8) is 0 Å². The Balaban J connectivity index is 2.34.